The van der Waals surface area contributed by atoms with Gasteiger partial charge in [-0.05, 0) is 56.4 Å². The molecule has 0 spiro atoms. The van der Waals surface area contributed by atoms with Gasteiger partial charge in [0.2, 0.25) is 0 Å². The molecule has 2 unspecified atom stereocenters. The second-order valence-corrected chi connectivity index (χ2v) is 8.10. The standard InChI is InChI=1S/C24H36O4/c1-4-5-6-7-8-11-16-27-23(25)21-12-9-10-13-22(21)24(26)28-20-15-14-18(2)19(3)17-20/h14-15,17,21-22H,4-13,16H2,1-3H3. The lowest BCUT2D eigenvalue weighted by atomic mass is 9.79. The van der Waals surface area contributed by atoms with E-state index >= 15 is 0 Å². The normalized spacial score (nSPS) is 19.2. The molecule has 0 N–H and O–H groups in total. The van der Waals surface area contributed by atoms with Crippen molar-refractivity contribution in [3.05, 3.63) is 29.3 Å². The van der Waals surface area contributed by atoms with Gasteiger partial charge in [-0.25, -0.2) is 0 Å². The highest BCUT2D eigenvalue weighted by Crippen LogP contribution is 2.32. The zero-order chi connectivity index (χ0) is 20.4. The van der Waals surface area contributed by atoms with Crippen LogP contribution in [-0.4, -0.2) is 18.5 Å². The van der Waals surface area contributed by atoms with Crippen molar-refractivity contribution < 1.29 is 19.1 Å². The summed E-state index contributed by atoms with van der Waals surface area (Å²) in [5, 5.41) is 0. The summed E-state index contributed by atoms with van der Waals surface area (Å²) < 4.78 is 11.1. The molecule has 1 fully saturated rings. The highest BCUT2D eigenvalue weighted by atomic mass is 16.5. The third kappa shape index (κ3) is 6.96. The van der Waals surface area contributed by atoms with E-state index in [2.05, 4.69) is 6.92 Å². The van der Waals surface area contributed by atoms with Gasteiger partial charge in [0.1, 0.15) is 5.75 Å². The van der Waals surface area contributed by atoms with Crippen molar-refractivity contribution in [2.24, 2.45) is 11.8 Å². The molecule has 4 heteroatoms. The van der Waals surface area contributed by atoms with E-state index in [0.717, 1.165) is 36.8 Å². The molecule has 0 heterocycles. The minimum atomic E-state index is -0.396. The molecule has 1 aromatic carbocycles. The molecule has 1 aliphatic carbocycles. The summed E-state index contributed by atoms with van der Waals surface area (Å²) in [5.74, 6) is -0.738. The topological polar surface area (TPSA) is 52.6 Å². The van der Waals surface area contributed by atoms with Crippen LogP contribution in [0.1, 0.15) is 82.3 Å². The zero-order valence-corrected chi connectivity index (χ0v) is 17.8. The van der Waals surface area contributed by atoms with Crippen LogP contribution in [0.15, 0.2) is 18.2 Å². The molecule has 28 heavy (non-hydrogen) atoms. The fourth-order valence-electron chi connectivity index (χ4n) is 3.83. The van der Waals surface area contributed by atoms with Gasteiger partial charge in [-0.3, -0.25) is 9.59 Å². The molecule has 1 saturated carbocycles. The first-order valence-corrected chi connectivity index (χ1v) is 11.0. The Labute approximate surface area is 170 Å². The lowest BCUT2D eigenvalue weighted by Gasteiger charge is -2.28. The van der Waals surface area contributed by atoms with Crippen LogP contribution in [0.25, 0.3) is 0 Å². The van der Waals surface area contributed by atoms with Crippen LogP contribution in [0.4, 0.5) is 0 Å². The summed E-state index contributed by atoms with van der Waals surface area (Å²) in [6.45, 7) is 6.68. The van der Waals surface area contributed by atoms with Crippen molar-refractivity contribution in [2.75, 3.05) is 6.61 Å². The average molecular weight is 389 g/mol. The minimum Gasteiger partial charge on any atom is -0.465 e. The van der Waals surface area contributed by atoms with Gasteiger partial charge in [0, 0.05) is 0 Å². The Morgan fingerprint density at radius 1 is 0.893 bits per heavy atom. The Morgan fingerprint density at radius 3 is 2.21 bits per heavy atom. The monoisotopic (exact) mass is 388 g/mol. The molecular weight excluding hydrogens is 352 g/mol. The fourth-order valence-corrected chi connectivity index (χ4v) is 3.83. The molecule has 156 valence electrons. The zero-order valence-electron chi connectivity index (χ0n) is 17.8. The van der Waals surface area contributed by atoms with E-state index in [0.29, 0.717) is 25.2 Å². The first-order valence-electron chi connectivity index (χ1n) is 11.0. The molecule has 0 aromatic heterocycles. The minimum absolute atomic E-state index is 0.227. The molecular formula is C24H36O4. The third-order valence-electron chi connectivity index (χ3n) is 5.81. The van der Waals surface area contributed by atoms with Gasteiger partial charge in [0.05, 0.1) is 18.4 Å². The van der Waals surface area contributed by atoms with E-state index in [9.17, 15) is 9.59 Å². The predicted octanol–water partition coefficient (Wildman–Crippen LogP) is 5.92. The lowest BCUT2D eigenvalue weighted by Crippen LogP contribution is -2.36. The van der Waals surface area contributed by atoms with Crippen molar-refractivity contribution in [3.63, 3.8) is 0 Å². The fraction of sp³-hybridized carbons (Fsp3) is 0.667. The SMILES string of the molecule is CCCCCCCCOC(=O)C1CCCCC1C(=O)Oc1ccc(C)c(C)c1. The van der Waals surface area contributed by atoms with Gasteiger partial charge < -0.3 is 9.47 Å². The van der Waals surface area contributed by atoms with Gasteiger partial charge in [-0.1, -0.05) is 57.9 Å². The molecule has 4 nitrogen and oxygen atoms in total. The van der Waals surface area contributed by atoms with Crippen molar-refractivity contribution in [2.45, 2.75) is 85.0 Å². The Morgan fingerprint density at radius 2 is 1.54 bits per heavy atom. The van der Waals surface area contributed by atoms with Crippen LogP contribution in [-0.2, 0) is 14.3 Å². The molecule has 0 saturated heterocycles. The molecule has 0 radical (unpaired) electrons. The van der Waals surface area contributed by atoms with Crippen molar-refractivity contribution in [1.82, 2.24) is 0 Å². The van der Waals surface area contributed by atoms with Crippen molar-refractivity contribution in [3.8, 4) is 5.75 Å². The molecule has 1 aromatic rings. The summed E-state index contributed by atoms with van der Waals surface area (Å²) in [7, 11) is 0. The van der Waals surface area contributed by atoms with E-state index in [4.69, 9.17) is 9.47 Å². The van der Waals surface area contributed by atoms with Crippen LogP contribution in [0.3, 0.4) is 0 Å². The van der Waals surface area contributed by atoms with Crippen LogP contribution in [0, 0.1) is 25.7 Å². The number of unbranched alkanes of at least 4 members (excludes halogenated alkanes) is 5. The maximum Gasteiger partial charge on any atom is 0.315 e. The van der Waals surface area contributed by atoms with Gasteiger partial charge in [-0.15, -0.1) is 0 Å². The Balaban J connectivity index is 1.83. The smallest absolute Gasteiger partial charge is 0.315 e. The number of hydrogen-bond acceptors (Lipinski definition) is 4. The summed E-state index contributed by atoms with van der Waals surface area (Å²) in [4.78, 5) is 25.3. The third-order valence-corrected chi connectivity index (χ3v) is 5.81. The van der Waals surface area contributed by atoms with Gasteiger partial charge >= 0.3 is 11.9 Å². The molecule has 2 rings (SSSR count). The van der Waals surface area contributed by atoms with Crippen LogP contribution in [0.2, 0.25) is 0 Å². The highest BCUT2D eigenvalue weighted by molar-refractivity contribution is 5.83. The second-order valence-electron chi connectivity index (χ2n) is 8.10. The average Bonchev–Trinajstić information content (AvgIpc) is 2.70. The van der Waals surface area contributed by atoms with E-state index in [1.807, 2.05) is 32.0 Å². The van der Waals surface area contributed by atoms with Crippen LogP contribution in [0.5, 0.6) is 5.75 Å². The summed E-state index contributed by atoms with van der Waals surface area (Å²) in [5.41, 5.74) is 2.25. The molecule has 0 aliphatic heterocycles. The first kappa shape index (κ1) is 22.4. The maximum atomic E-state index is 12.7. The van der Waals surface area contributed by atoms with E-state index < -0.39 is 5.92 Å². The van der Waals surface area contributed by atoms with Gasteiger partial charge in [0.15, 0.2) is 0 Å². The number of aryl methyl sites for hydroxylation is 2. The number of ether oxygens (including phenoxy) is 2. The van der Waals surface area contributed by atoms with Crippen molar-refractivity contribution in [1.29, 1.82) is 0 Å². The molecule has 0 bridgehead atoms. The Hall–Kier alpha value is -1.84. The second kappa shape index (κ2) is 11.9. The molecule has 2 atom stereocenters. The Kier molecular flexibility index (Phi) is 9.52. The van der Waals surface area contributed by atoms with Crippen LogP contribution >= 0.6 is 0 Å². The molecule has 0 amide bonds. The van der Waals surface area contributed by atoms with Crippen molar-refractivity contribution >= 4 is 11.9 Å². The highest BCUT2D eigenvalue weighted by Gasteiger charge is 2.38. The summed E-state index contributed by atoms with van der Waals surface area (Å²) in [6.07, 6.45) is 10.3. The number of benzene rings is 1. The maximum absolute atomic E-state index is 12.7. The van der Waals surface area contributed by atoms with E-state index in [1.54, 1.807) is 0 Å². The number of carbonyl (C=O) groups excluding carboxylic acids is 2. The van der Waals surface area contributed by atoms with Crippen LogP contribution < -0.4 is 4.74 Å². The Bertz CT molecular complexity index is 637. The van der Waals surface area contributed by atoms with Gasteiger partial charge in [0.25, 0.3) is 0 Å². The summed E-state index contributed by atoms with van der Waals surface area (Å²) >= 11 is 0. The quantitative estimate of drug-likeness (QED) is 0.284. The predicted molar refractivity (Wildman–Crippen MR) is 111 cm³/mol. The summed E-state index contributed by atoms with van der Waals surface area (Å²) in [6, 6.07) is 5.64. The molecule has 1 aliphatic rings. The first-order chi connectivity index (χ1) is 13.5. The number of rotatable bonds is 10. The number of esters is 2. The number of hydrogen-bond donors (Lipinski definition) is 0. The number of carbonyl (C=O) groups is 2. The largest absolute Gasteiger partial charge is 0.465 e. The lowest BCUT2D eigenvalue weighted by molar-refractivity contribution is -0.158. The van der Waals surface area contributed by atoms with Gasteiger partial charge in [-0.2, -0.15) is 0 Å². The van der Waals surface area contributed by atoms with E-state index in [1.165, 1.54) is 25.7 Å². The van der Waals surface area contributed by atoms with E-state index in [-0.39, 0.29) is 17.9 Å².